The van der Waals surface area contributed by atoms with Gasteiger partial charge in [0, 0.05) is 19.5 Å². The van der Waals surface area contributed by atoms with E-state index < -0.39 is 16.1 Å². The molecule has 0 unspecified atom stereocenters. The molecule has 0 spiro atoms. The molecule has 2 aromatic rings. The van der Waals surface area contributed by atoms with Crippen LogP contribution in [0.1, 0.15) is 24.0 Å². The number of rotatable bonds is 3. The summed E-state index contributed by atoms with van der Waals surface area (Å²) < 4.78 is 27.0. The fourth-order valence-electron chi connectivity index (χ4n) is 3.03. The van der Waals surface area contributed by atoms with Crippen LogP contribution in [0.15, 0.2) is 17.3 Å². The summed E-state index contributed by atoms with van der Waals surface area (Å²) in [6.45, 7) is 0. The van der Waals surface area contributed by atoms with Crippen molar-refractivity contribution in [2.45, 2.75) is 25.7 Å². The van der Waals surface area contributed by atoms with Crippen LogP contribution < -0.4 is 0 Å². The molecule has 0 bridgehead atoms. The maximum atomic E-state index is 12.6. The third-order valence-electron chi connectivity index (χ3n) is 4.15. The van der Waals surface area contributed by atoms with Crippen LogP contribution in [0.2, 0.25) is 0 Å². The van der Waals surface area contributed by atoms with Gasteiger partial charge in [-0.25, -0.2) is 0 Å². The maximum Gasteiger partial charge on any atom is 0.310 e. The molecule has 0 saturated carbocycles. The topological polar surface area (TPSA) is 92.0 Å². The van der Waals surface area contributed by atoms with E-state index in [1.807, 2.05) is 6.07 Å². The number of aromatic nitrogens is 1. The van der Waals surface area contributed by atoms with E-state index in [1.165, 1.54) is 14.1 Å². The summed E-state index contributed by atoms with van der Waals surface area (Å²) in [5, 5.41) is 13.5. The van der Waals surface area contributed by atoms with Crippen molar-refractivity contribution in [3.63, 3.8) is 0 Å². The van der Waals surface area contributed by atoms with Gasteiger partial charge in [0.05, 0.1) is 5.52 Å². The van der Waals surface area contributed by atoms with Crippen molar-refractivity contribution < 1.29 is 13.5 Å². The number of aromatic hydroxyl groups is 1. The molecule has 1 aromatic carbocycles. The third-order valence-corrected chi connectivity index (χ3v) is 5.89. The number of hydrogen-bond donors (Lipinski definition) is 1. The van der Waals surface area contributed by atoms with E-state index in [4.69, 9.17) is 0 Å². The van der Waals surface area contributed by atoms with Crippen molar-refractivity contribution >= 4 is 26.8 Å². The van der Waals surface area contributed by atoms with Crippen LogP contribution in [0.25, 0.3) is 10.9 Å². The molecule has 7 nitrogen and oxygen atoms in total. The van der Waals surface area contributed by atoms with E-state index >= 15 is 0 Å². The van der Waals surface area contributed by atoms with Crippen molar-refractivity contribution in [3.8, 4) is 5.88 Å². The standard InChI is InChI=1S/C14H17N3O4S/c1-16(2)22(20,21)17-13-10-6-4-3-5-9(10)7-8-11(13)12(15-19)14(17)18/h7-8,18H,3-6H2,1-2H3. The fourth-order valence-corrected chi connectivity index (χ4v) is 4.10. The van der Waals surface area contributed by atoms with Crippen LogP contribution >= 0.6 is 0 Å². The van der Waals surface area contributed by atoms with Crippen LogP contribution in [0.4, 0.5) is 5.69 Å². The first-order chi connectivity index (χ1) is 10.4. The zero-order valence-electron chi connectivity index (χ0n) is 12.4. The minimum absolute atomic E-state index is 0.228. The Balaban J connectivity index is 2.50. The number of fused-ring (bicyclic) bond motifs is 3. The second-order valence-electron chi connectivity index (χ2n) is 5.62. The van der Waals surface area contributed by atoms with Crippen LogP contribution in [-0.2, 0) is 23.1 Å². The molecule has 0 fully saturated rings. The lowest BCUT2D eigenvalue weighted by Crippen LogP contribution is -2.28. The lowest BCUT2D eigenvalue weighted by Gasteiger charge is -2.20. The van der Waals surface area contributed by atoms with Gasteiger partial charge in [-0.1, -0.05) is 12.1 Å². The van der Waals surface area contributed by atoms with Gasteiger partial charge in [-0.05, 0) is 42.0 Å². The average Bonchev–Trinajstić information content (AvgIpc) is 2.79. The molecule has 1 N–H and O–H groups in total. The summed E-state index contributed by atoms with van der Waals surface area (Å²) in [5.41, 5.74) is 2.08. The molecule has 0 amide bonds. The Morgan fingerprint density at radius 3 is 2.55 bits per heavy atom. The summed E-state index contributed by atoms with van der Waals surface area (Å²) in [7, 11) is -1.20. The van der Waals surface area contributed by atoms with Gasteiger partial charge in [0.25, 0.3) is 0 Å². The van der Waals surface area contributed by atoms with Gasteiger partial charge in [0.15, 0.2) is 5.69 Å². The quantitative estimate of drug-likeness (QED) is 0.877. The number of aryl methyl sites for hydroxylation is 2. The molecule has 1 aliphatic rings. The summed E-state index contributed by atoms with van der Waals surface area (Å²) >= 11 is 0. The highest BCUT2D eigenvalue weighted by Crippen LogP contribution is 2.43. The Hall–Kier alpha value is -1.93. The molecule has 1 heterocycles. The molecule has 0 saturated heterocycles. The van der Waals surface area contributed by atoms with Gasteiger partial charge in [-0.3, -0.25) is 0 Å². The summed E-state index contributed by atoms with van der Waals surface area (Å²) in [5.74, 6) is -0.627. The highest BCUT2D eigenvalue weighted by Gasteiger charge is 2.30. The summed E-state index contributed by atoms with van der Waals surface area (Å²) in [6.07, 6.45) is 3.58. The predicted molar refractivity (Wildman–Crippen MR) is 83.7 cm³/mol. The number of nitroso groups, excluding NO2 is 1. The Kier molecular flexibility index (Phi) is 3.45. The Bertz CT molecular complexity index is 868. The predicted octanol–water partition coefficient (Wildman–Crippen LogP) is 2.28. The zero-order valence-corrected chi connectivity index (χ0v) is 13.2. The average molecular weight is 323 g/mol. The monoisotopic (exact) mass is 323 g/mol. The lowest BCUT2D eigenvalue weighted by molar-refractivity contribution is 0.439. The molecule has 0 atom stereocenters. The van der Waals surface area contributed by atoms with Crippen molar-refractivity contribution in [2.24, 2.45) is 5.18 Å². The second-order valence-corrected chi connectivity index (χ2v) is 7.62. The van der Waals surface area contributed by atoms with E-state index in [0.717, 1.165) is 45.1 Å². The Labute approximate surface area is 128 Å². The van der Waals surface area contributed by atoms with E-state index in [0.29, 0.717) is 10.9 Å². The first-order valence-electron chi connectivity index (χ1n) is 7.04. The highest BCUT2D eigenvalue weighted by atomic mass is 32.2. The van der Waals surface area contributed by atoms with Crippen molar-refractivity contribution in [1.82, 2.24) is 8.28 Å². The summed E-state index contributed by atoms with van der Waals surface area (Å²) in [6, 6.07) is 3.55. The van der Waals surface area contributed by atoms with E-state index in [1.54, 1.807) is 6.07 Å². The van der Waals surface area contributed by atoms with E-state index in [9.17, 15) is 18.4 Å². The third kappa shape index (κ3) is 1.94. The zero-order chi connectivity index (χ0) is 16.1. The summed E-state index contributed by atoms with van der Waals surface area (Å²) in [4.78, 5) is 11.1. The number of nitrogens with zero attached hydrogens (tertiary/aromatic N) is 3. The minimum atomic E-state index is -3.96. The van der Waals surface area contributed by atoms with Gasteiger partial charge in [-0.2, -0.15) is 16.7 Å². The molecular weight excluding hydrogens is 306 g/mol. The SMILES string of the molecule is CN(C)S(=O)(=O)n1c(O)c(N=O)c2ccc3c(c21)CCCC3. The molecule has 1 aliphatic carbocycles. The van der Waals surface area contributed by atoms with Gasteiger partial charge < -0.3 is 5.11 Å². The molecular formula is C14H17N3O4S. The molecule has 118 valence electrons. The van der Waals surface area contributed by atoms with Crippen molar-refractivity contribution in [1.29, 1.82) is 0 Å². The van der Waals surface area contributed by atoms with Crippen LogP contribution in [0.5, 0.6) is 5.88 Å². The smallest absolute Gasteiger partial charge is 0.310 e. The second kappa shape index (κ2) is 5.06. The van der Waals surface area contributed by atoms with Gasteiger partial charge in [0.2, 0.25) is 5.88 Å². The normalized spacial score (nSPS) is 15.2. The minimum Gasteiger partial charge on any atom is -0.492 e. The van der Waals surface area contributed by atoms with Gasteiger partial charge in [-0.15, -0.1) is 4.91 Å². The van der Waals surface area contributed by atoms with E-state index in [2.05, 4.69) is 5.18 Å². The number of benzene rings is 1. The van der Waals surface area contributed by atoms with E-state index in [-0.39, 0.29) is 5.69 Å². The first kappa shape index (κ1) is 15.0. The number of hydrogen-bond acceptors (Lipinski definition) is 5. The molecule has 0 aliphatic heterocycles. The fraction of sp³-hybridized carbons (Fsp3) is 0.429. The highest BCUT2D eigenvalue weighted by molar-refractivity contribution is 7.87. The molecule has 3 rings (SSSR count). The van der Waals surface area contributed by atoms with Gasteiger partial charge >= 0.3 is 10.2 Å². The molecule has 22 heavy (non-hydrogen) atoms. The molecule has 0 radical (unpaired) electrons. The Morgan fingerprint density at radius 1 is 1.23 bits per heavy atom. The van der Waals surface area contributed by atoms with Crippen LogP contribution in [-0.4, -0.2) is 35.9 Å². The molecule has 1 aromatic heterocycles. The largest absolute Gasteiger partial charge is 0.492 e. The Morgan fingerprint density at radius 2 is 1.91 bits per heavy atom. The van der Waals surface area contributed by atoms with Crippen LogP contribution in [0.3, 0.4) is 0 Å². The molecule has 8 heteroatoms. The van der Waals surface area contributed by atoms with Crippen molar-refractivity contribution in [3.05, 3.63) is 28.2 Å². The first-order valence-corrected chi connectivity index (χ1v) is 8.43. The van der Waals surface area contributed by atoms with Crippen LogP contribution in [0, 0.1) is 4.91 Å². The van der Waals surface area contributed by atoms with Crippen molar-refractivity contribution in [2.75, 3.05) is 14.1 Å². The van der Waals surface area contributed by atoms with Gasteiger partial charge in [0.1, 0.15) is 0 Å². The lowest BCUT2D eigenvalue weighted by atomic mass is 9.90. The maximum absolute atomic E-state index is 12.6.